The third-order valence-corrected chi connectivity index (χ3v) is 4.08. The van der Waals surface area contributed by atoms with Crippen LogP contribution in [0.15, 0.2) is 22.7 Å². The van der Waals surface area contributed by atoms with Gasteiger partial charge in [0.05, 0.1) is 4.47 Å². The summed E-state index contributed by atoms with van der Waals surface area (Å²) in [5, 5.41) is 0. The van der Waals surface area contributed by atoms with E-state index < -0.39 is 0 Å². The van der Waals surface area contributed by atoms with Crippen LogP contribution < -0.4 is 5.73 Å². The van der Waals surface area contributed by atoms with Crippen molar-refractivity contribution in [2.45, 2.75) is 38.1 Å². The highest BCUT2D eigenvalue weighted by molar-refractivity contribution is 9.10. The van der Waals surface area contributed by atoms with Crippen molar-refractivity contribution in [2.24, 2.45) is 11.7 Å². The zero-order valence-corrected chi connectivity index (χ0v) is 10.8. The minimum atomic E-state index is -0.223. The van der Waals surface area contributed by atoms with E-state index >= 15 is 0 Å². The third kappa shape index (κ3) is 2.83. The fraction of sp³-hybridized carbons (Fsp3) is 0.538. The van der Waals surface area contributed by atoms with Crippen molar-refractivity contribution in [1.82, 2.24) is 0 Å². The topological polar surface area (TPSA) is 26.0 Å². The summed E-state index contributed by atoms with van der Waals surface area (Å²) in [6, 6.07) is 5.17. The van der Waals surface area contributed by atoms with Crippen LogP contribution in [0.3, 0.4) is 0 Å². The van der Waals surface area contributed by atoms with Gasteiger partial charge in [0.15, 0.2) is 0 Å². The maximum atomic E-state index is 13.4. The van der Waals surface area contributed by atoms with Crippen LogP contribution in [0.2, 0.25) is 0 Å². The Hall–Kier alpha value is -0.410. The molecule has 0 saturated heterocycles. The van der Waals surface area contributed by atoms with Crippen LogP contribution in [0.1, 0.15) is 43.7 Å². The van der Waals surface area contributed by atoms with Crippen LogP contribution in [0.25, 0.3) is 0 Å². The average Bonchev–Trinajstić information content (AvgIpc) is 2.74. The van der Waals surface area contributed by atoms with Gasteiger partial charge in [0.2, 0.25) is 0 Å². The summed E-state index contributed by atoms with van der Waals surface area (Å²) >= 11 is 3.15. The summed E-state index contributed by atoms with van der Waals surface area (Å²) in [5.41, 5.74) is 7.02. The molecule has 0 spiro atoms. The van der Waals surface area contributed by atoms with Gasteiger partial charge in [-0.2, -0.15) is 0 Å². The van der Waals surface area contributed by atoms with E-state index in [1.807, 2.05) is 6.07 Å². The van der Waals surface area contributed by atoms with E-state index in [4.69, 9.17) is 5.73 Å². The fourth-order valence-corrected chi connectivity index (χ4v) is 2.73. The predicted octanol–water partition coefficient (Wildman–Crippen LogP) is 4.17. The van der Waals surface area contributed by atoms with Gasteiger partial charge in [-0.3, -0.25) is 0 Å². The first-order valence-electron chi connectivity index (χ1n) is 5.87. The zero-order valence-electron chi connectivity index (χ0n) is 9.26. The van der Waals surface area contributed by atoms with Gasteiger partial charge >= 0.3 is 0 Å². The van der Waals surface area contributed by atoms with Crippen LogP contribution in [0, 0.1) is 11.7 Å². The molecule has 2 rings (SSSR count). The number of hydrogen-bond donors (Lipinski definition) is 1. The van der Waals surface area contributed by atoms with Gasteiger partial charge in [0.1, 0.15) is 5.82 Å². The lowest BCUT2D eigenvalue weighted by Gasteiger charge is -2.16. The van der Waals surface area contributed by atoms with Gasteiger partial charge in [0, 0.05) is 6.04 Å². The monoisotopic (exact) mass is 285 g/mol. The Morgan fingerprint density at radius 3 is 2.69 bits per heavy atom. The van der Waals surface area contributed by atoms with Crippen molar-refractivity contribution in [3.8, 4) is 0 Å². The van der Waals surface area contributed by atoms with Crippen molar-refractivity contribution < 1.29 is 4.39 Å². The molecule has 1 unspecified atom stereocenters. The van der Waals surface area contributed by atoms with Crippen LogP contribution >= 0.6 is 15.9 Å². The Labute approximate surface area is 104 Å². The first-order valence-corrected chi connectivity index (χ1v) is 6.66. The van der Waals surface area contributed by atoms with Crippen molar-refractivity contribution in [2.75, 3.05) is 0 Å². The molecule has 0 aliphatic heterocycles. The molecule has 0 amide bonds. The molecular weight excluding hydrogens is 269 g/mol. The molecule has 1 aliphatic carbocycles. The summed E-state index contributed by atoms with van der Waals surface area (Å²) < 4.78 is 13.9. The highest BCUT2D eigenvalue weighted by atomic mass is 79.9. The van der Waals surface area contributed by atoms with Gasteiger partial charge in [-0.15, -0.1) is 0 Å². The normalized spacial score (nSPS) is 18.9. The molecule has 3 heteroatoms. The largest absolute Gasteiger partial charge is 0.324 e. The SMILES string of the molecule is NC(CC1CCCC1)c1ccc(Br)c(F)c1. The lowest BCUT2D eigenvalue weighted by molar-refractivity contribution is 0.449. The molecular formula is C13H17BrFN. The summed E-state index contributed by atoms with van der Waals surface area (Å²) in [5.74, 6) is 0.515. The lowest BCUT2D eigenvalue weighted by Crippen LogP contribution is -2.14. The van der Waals surface area contributed by atoms with Crippen LogP contribution in [0.4, 0.5) is 4.39 Å². The smallest absolute Gasteiger partial charge is 0.137 e. The van der Waals surface area contributed by atoms with E-state index in [0.29, 0.717) is 4.47 Å². The fourth-order valence-electron chi connectivity index (χ4n) is 2.48. The number of rotatable bonds is 3. The predicted molar refractivity (Wildman–Crippen MR) is 67.6 cm³/mol. The van der Waals surface area contributed by atoms with Crippen molar-refractivity contribution >= 4 is 15.9 Å². The summed E-state index contributed by atoms with van der Waals surface area (Å²) in [6.07, 6.45) is 6.21. The maximum Gasteiger partial charge on any atom is 0.137 e. The van der Waals surface area contributed by atoms with Crippen LogP contribution in [-0.2, 0) is 0 Å². The lowest BCUT2D eigenvalue weighted by atomic mass is 9.94. The average molecular weight is 286 g/mol. The molecule has 1 aromatic carbocycles. The molecule has 0 heterocycles. The highest BCUT2D eigenvalue weighted by Crippen LogP contribution is 2.32. The Morgan fingerprint density at radius 2 is 2.06 bits per heavy atom. The van der Waals surface area contributed by atoms with E-state index in [1.54, 1.807) is 12.1 Å². The minimum absolute atomic E-state index is 0.0225. The molecule has 2 N–H and O–H groups in total. The quantitative estimate of drug-likeness (QED) is 0.886. The molecule has 0 aromatic heterocycles. The Balaban J connectivity index is 2.02. The van der Waals surface area contributed by atoms with Gasteiger partial charge in [-0.1, -0.05) is 31.7 Å². The van der Waals surface area contributed by atoms with Crippen LogP contribution in [-0.4, -0.2) is 0 Å². The first kappa shape index (κ1) is 12.1. The van der Waals surface area contributed by atoms with Gasteiger partial charge < -0.3 is 5.73 Å². The third-order valence-electron chi connectivity index (χ3n) is 3.43. The van der Waals surface area contributed by atoms with Crippen molar-refractivity contribution in [1.29, 1.82) is 0 Å². The van der Waals surface area contributed by atoms with E-state index in [1.165, 1.54) is 25.7 Å². The van der Waals surface area contributed by atoms with Gasteiger partial charge in [0.25, 0.3) is 0 Å². The number of halogens is 2. The molecule has 0 bridgehead atoms. The number of nitrogens with two attached hydrogens (primary N) is 1. The van der Waals surface area contributed by atoms with Crippen molar-refractivity contribution in [3.05, 3.63) is 34.1 Å². The molecule has 16 heavy (non-hydrogen) atoms. The summed E-state index contributed by atoms with van der Waals surface area (Å²) in [6.45, 7) is 0. The molecule has 0 radical (unpaired) electrons. The first-order chi connectivity index (χ1) is 7.66. The molecule has 1 aromatic rings. The molecule has 1 aliphatic rings. The van der Waals surface area contributed by atoms with Crippen molar-refractivity contribution in [3.63, 3.8) is 0 Å². The molecule has 88 valence electrons. The second-order valence-corrected chi connectivity index (χ2v) is 5.52. The van der Waals surface area contributed by atoms with E-state index in [2.05, 4.69) is 15.9 Å². The molecule has 1 atom stereocenters. The van der Waals surface area contributed by atoms with Gasteiger partial charge in [-0.05, 0) is 46.0 Å². The summed E-state index contributed by atoms with van der Waals surface area (Å²) in [4.78, 5) is 0. The Morgan fingerprint density at radius 1 is 1.38 bits per heavy atom. The summed E-state index contributed by atoms with van der Waals surface area (Å²) in [7, 11) is 0. The zero-order chi connectivity index (χ0) is 11.5. The second-order valence-electron chi connectivity index (χ2n) is 4.67. The maximum absolute atomic E-state index is 13.4. The van der Waals surface area contributed by atoms with E-state index in [-0.39, 0.29) is 11.9 Å². The molecule has 1 nitrogen and oxygen atoms in total. The minimum Gasteiger partial charge on any atom is -0.324 e. The van der Waals surface area contributed by atoms with Crippen LogP contribution in [0.5, 0.6) is 0 Å². The number of hydrogen-bond acceptors (Lipinski definition) is 1. The molecule has 1 saturated carbocycles. The standard InChI is InChI=1S/C13H17BrFN/c14-11-6-5-10(8-12(11)15)13(16)7-9-3-1-2-4-9/h5-6,8-9,13H,1-4,7,16H2. The van der Waals surface area contributed by atoms with E-state index in [0.717, 1.165) is 17.9 Å². The highest BCUT2D eigenvalue weighted by Gasteiger charge is 2.19. The molecule has 1 fully saturated rings. The van der Waals surface area contributed by atoms with Gasteiger partial charge in [-0.25, -0.2) is 4.39 Å². The second kappa shape index (κ2) is 5.28. The van der Waals surface area contributed by atoms with E-state index in [9.17, 15) is 4.39 Å². The Bertz CT molecular complexity index is 361. The number of benzene rings is 1. The Kier molecular flexibility index (Phi) is 3.98.